The van der Waals surface area contributed by atoms with Gasteiger partial charge in [0.1, 0.15) is 11.4 Å². The monoisotopic (exact) mass is 233 g/mol. The van der Waals surface area contributed by atoms with Crippen LogP contribution < -0.4 is 19.9 Å². The molecule has 2 aliphatic rings. The number of nitrogens with zero attached hydrogens (tertiary/aromatic N) is 2. The minimum Gasteiger partial charge on any atom is -0.495 e. The van der Waals surface area contributed by atoms with E-state index < -0.39 is 0 Å². The van der Waals surface area contributed by atoms with Crippen LogP contribution in [0.15, 0.2) is 18.2 Å². The average molecular weight is 233 g/mol. The quantitative estimate of drug-likeness (QED) is 0.781. The summed E-state index contributed by atoms with van der Waals surface area (Å²) in [5, 5.41) is 3.46. The van der Waals surface area contributed by atoms with Gasteiger partial charge in [0.25, 0.3) is 0 Å². The van der Waals surface area contributed by atoms with E-state index in [0.717, 1.165) is 31.9 Å². The summed E-state index contributed by atoms with van der Waals surface area (Å²) in [5.41, 5.74) is 2.54. The highest BCUT2D eigenvalue weighted by Gasteiger charge is 2.32. The van der Waals surface area contributed by atoms with E-state index in [4.69, 9.17) is 4.74 Å². The molecular weight excluding hydrogens is 214 g/mol. The highest BCUT2D eigenvalue weighted by atomic mass is 16.5. The van der Waals surface area contributed by atoms with Crippen molar-refractivity contribution < 1.29 is 4.74 Å². The molecule has 0 radical (unpaired) electrons. The number of ether oxygens (including phenoxy) is 1. The van der Waals surface area contributed by atoms with E-state index in [1.165, 1.54) is 11.4 Å². The number of nitrogens with one attached hydrogen (secondary N) is 1. The molecule has 1 N–H and O–H groups in total. The fourth-order valence-electron chi connectivity index (χ4n) is 2.94. The molecule has 17 heavy (non-hydrogen) atoms. The summed E-state index contributed by atoms with van der Waals surface area (Å²) in [7, 11) is 3.89. The number of para-hydroxylation sites is 1. The second-order valence-electron chi connectivity index (χ2n) is 4.76. The Balaban J connectivity index is 2.07. The van der Waals surface area contributed by atoms with Crippen molar-refractivity contribution in [3.05, 3.63) is 18.2 Å². The first-order valence-electron chi connectivity index (χ1n) is 6.17. The normalized spacial score (nSPS) is 23.1. The van der Waals surface area contributed by atoms with Crippen LogP contribution in [0.5, 0.6) is 5.75 Å². The molecule has 1 saturated heterocycles. The Morgan fingerprint density at radius 3 is 3.12 bits per heavy atom. The minimum absolute atomic E-state index is 0.577. The average Bonchev–Trinajstić information content (AvgIpc) is 2.38. The Hall–Kier alpha value is -1.42. The number of piperazine rings is 1. The predicted molar refractivity (Wildman–Crippen MR) is 70.3 cm³/mol. The van der Waals surface area contributed by atoms with Crippen molar-refractivity contribution in [2.45, 2.75) is 6.04 Å². The standard InChI is InChI=1S/C13H19N3O/c1-15-9-10-8-14-6-7-16(10)11-4-3-5-12(17-2)13(11)15/h3-5,10,14H,6-9H2,1-2H3. The third-order valence-corrected chi connectivity index (χ3v) is 3.72. The number of likely N-dealkylation sites (N-methyl/N-ethyl adjacent to an activating group) is 1. The van der Waals surface area contributed by atoms with Gasteiger partial charge in [-0.1, -0.05) is 6.07 Å². The predicted octanol–water partition coefficient (Wildman–Crippen LogP) is 0.923. The van der Waals surface area contributed by atoms with E-state index in [9.17, 15) is 0 Å². The number of rotatable bonds is 1. The van der Waals surface area contributed by atoms with Crippen molar-refractivity contribution in [1.82, 2.24) is 5.32 Å². The van der Waals surface area contributed by atoms with Gasteiger partial charge in [0, 0.05) is 33.2 Å². The molecule has 0 bridgehead atoms. The summed E-state index contributed by atoms with van der Waals surface area (Å²) in [6.45, 7) is 4.27. The number of hydrogen-bond donors (Lipinski definition) is 1. The van der Waals surface area contributed by atoms with Gasteiger partial charge in [-0.25, -0.2) is 0 Å². The fraction of sp³-hybridized carbons (Fsp3) is 0.538. The van der Waals surface area contributed by atoms with E-state index in [0.29, 0.717) is 6.04 Å². The molecule has 4 nitrogen and oxygen atoms in total. The SMILES string of the molecule is COc1cccc2c1N(C)CC1CNCCN21. The van der Waals surface area contributed by atoms with Gasteiger partial charge >= 0.3 is 0 Å². The summed E-state index contributed by atoms with van der Waals surface area (Å²) >= 11 is 0. The topological polar surface area (TPSA) is 27.7 Å². The number of hydrogen-bond acceptors (Lipinski definition) is 4. The fourth-order valence-corrected chi connectivity index (χ4v) is 2.94. The second-order valence-corrected chi connectivity index (χ2v) is 4.76. The summed E-state index contributed by atoms with van der Waals surface area (Å²) in [6.07, 6.45) is 0. The van der Waals surface area contributed by atoms with Crippen LogP contribution in [0.1, 0.15) is 0 Å². The Bertz CT molecular complexity index is 421. The van der Waals surface area contributed by atoms with Crippen LogP contribution in [0.3, 0.4) is 0 Å². The van der Waals surface area contributed by atoms with Crippen LogP contribution in [-0.2, 0) is 0 Å². The highest BCUT2D eigenvalue weighted by molar-refractivity contribution is 5.80. The maximum atomic E-state index is 5.48. The first kappa shape index (κ1) is 10.7. The maximum absolute atomic E-state index is 5.48. The highest BCUT2D eigenvalue weighted by Crippen LogP contribution is 2.41. The van der Waals surface area contributed by atoms with Crippen LogP contribution >= 0.6 is 0 Å². The Morgan fingerprint density at radius 1 is 1.41 bits per heavy atom. The zero-order valence-corrected chi connectivity index (χ0v) is 10.4. The number of anilines is 2. The van der Waals surface area contributed by atoms with Gasteiger partial charge in [-0.2, -0.15) is 0 Å². The minimum atomic E-state index is 0.577. The summed E-state index contributed by atoms with van der Waals surface area (Å²) in [4.78, 5) is 4.82. The van der Waals surface area contributed by atoms with E-state index in [1.807, 2.05) is 6.07 Å². The molecule has 1 unspecified atom stereocenters. The molecule has 1 fully saturated rings. The van der Waals surface area contributed by atoms with Gasteiger partial charge in [0.2, 0.25) is 0 Å². The molecule has 1 atom stereocenters. The molecule has 0 amide bonds. The summed E-state index contributed by atoms with van der Waals surface area (Å²) < 4.78 is 5.48. The molecule has 4 heteroatoms. The third kappa shape index (κ3) is 1.63. The third-order valence-electron chi connectivity index (χ3n) is 3.72. The first-order chi connectivity index (χ1) is 8.31. The van der Waals surface area contributed by atoms with Gasteiger partial charge in [0.05, 0.1) is 18.8 Å². The van der Waals surface area contributed by atoms with E-state index in [2.05, 4.69) is 34.3 Å². The van der Waals surface area contributed by atoms with Crippen LogP contribution in [0.4, 0.5) is 11.4 Å². The summed E-state index contributed by atoms with van der Waals surface area (Å²) in [6, 6.07) is 6.90. The zero-order valence-electron chi connectivity index (χ0n) is 10.4. The lowest BCUT2D eigenvalue weighted by molar-refractivity contribution is 0.409. The van der Waals surface area contributed by atoms with Crippen LogP contribution in [-0.4, -0.2) is 46.4 Å². The van der Waals surface area contributed by atoms with E-state index in [1.54, 1.807) is 7.11 Å². The lowest BCUT2D eigenvalue weighted by Crippen LogP contribution is -2.58. The number of benzene rings is 1. The second kappa shape index (κ2) is 4.11. The lowest BCUT2D eigenvalue weighted by atomic mass is 10.0. The Kier molecular flexibility index (Phi) is 2.59. The molecule has 0 spiro atoms. The van der Waals surface area contributed by atoms with Gasteiger partial charge in [-0.05, 0) is 12.1 Å². The molecule has 92 valence electrons. The Labute approximate surface area is 102 Å². The molecule has 2 heterocycles. The summed E-state index contributed by atoms with van der Waals surface area (Å²) in [5.74, 6) is 0.974. The van der Waals surface area contributed by atoms with Crippen molar-refractivity contribution >= 4 is 11.4 Å². The maximum Gasteiger partial charge on any atom is 0.144 e. The van der Waals surface area contributed by atoms with Crippen molar-refractivity contribution in [1.29, 1.82) is 0 Å². The first-order valence-corrected chi connectivity index (χ1v) is 6.17. The molecule has 3 rings (SSSR count). The van der Waals surface area contributed by atoms with Crippen LogP contribution in [0, 0.1) is 0 Å². The van der Waals surface area contributed by atoms with Gasteiger partial charge in [-0.15, -0.1) is 0 Å². The number of methoxy groups -OCH3 is 1. The molecule has 2 aliphatic heterocycles. The van der Waals surface area contributed by atoms with Crippen LogP contribution in [0.25, 0.3) is 0 Å². The Morgan fingerprint density at radius 2 is 2.29 bits per heavy atom. The largest absolute Gasteiger partial charge is 0.495 e. The molecule has 0 aliphatic carbocycles. The van der Waals surface area contributed by atoms with Crippen molar-refractivity contribution in [3.63, 3.8) is 0 Å². The molecular formula is C13H19N3O. The molecule has 1 aromatic rings. The van der Waals surface area contributed by atoms with Crippen molar-refractivity contribution in [3.8, 4) is 5.75 Å². The van der Waals surface area contributed by atoms with E-state index >= 15 is 0 Å². The van der Waals surface area contributed by atoms with E-state index in [-0.39, 0.29) is 0 Å². The molecule has 0 saturated carbocycles. The molecule has 1 aromatic carbocycles. The molecule has 0 aromatic heterocycles. The zero-order chi connectivity index (χ0) is 11.8. The number of fused-ring (bicyclic) bond motifs is 3. The van der Waals surface area contributed by atoms with Gasteiger partial charge in [-0.3, -0.25) is 0 Å². The van der Waals surface area contributed by atoms with Gasteiger partial charge in [0.15, 0.2) is 0 Å². The smallest absolute Gasteiger partial charge is 0.144 e. The van der Waals surface area contributed by atoms with Crippen LogP contribution in [0.2, 0.25) is 0 Å². The van der Waals surface area contributed by atoms with Gasteiger partial charge < -0.3 is 19.9 Å². The lowest BCUT2D eigenvalue weighted by Gasteiger charge is -2.46. The van der Waals surface area contributed by atoms with Crippen molar-refractivity contribution in [2.24, 2.45) is 0 Å². The van der Waals surface area contributed by atoms with Crippen molar-refractivity contribution in [2.75, 3.05) is 50.1 Å².